The first-order valence-corrected chi connectivity index (χ1v) is 10.5. The van der Waals surface area contributed by atoms with Crippen LogP contribution in [0.5, 0.6) is 0 Å². The van der Waals surface area contributed by atoms with Crippen molar-refractivity contribution in [3.8, 4) is 0 Å². The molecule has 10 heteroatoms. The van der Waals surface area contributed by atoms with E-state index in [9.17, 15) is 19.5 Å². The first-order chi connectivity index (χ1) is 15.9. The minimum atomic E-state index is -0.893. The standard InChI is InChI=1S/C23H23ClN4O5/c24-18-3-1-2-17(12-18)20(29)13-26-23(32)33-11-9-16-4-6-19(7-5-16)27-21(30)14-28-15-25-10-8-22(28)31/h1-8,10,12,15,20,29H,9,11,13-14H2,(H,26,32)(H,27,30)/t20-/m0/s1. The van der Waals surface area contributed by atoms with E-state index >= 15 is 0 Å². The molecule has 0 aliphatic heterocycles. The van der Waals surface area contributed by atoms with Crippen LogP contribution in [0.4, 0.5) is 10.5 Å². The van der Waals surface area contributed by atoms with Crippen LogP contribution >= 0.6 is 11.6 Å². The Kier molecular flexibility index (Phi) is 8.56. The molecular formula is C23H23ClN4O5. The molecule has 2 amide bonds. The number of halogens is 1. The third-order valence-electron chi connectivity index (χ3n) is 4.64. The number of ether oxygens (including phenoxy) is 1. The molecule has 3 aromatic rings. The van der Waals surface area contributed by atoms with Gasteiger partial charge in [-0.05, 0) is 35.4 Å². The number of aliphatic hydroxyl groups is 1. The van der Waals surface area contributed by atoms with E-state index in [1.54, 1.807) is 48.5 Å². The monoisotopic (exact) mass is 470 g/mol. The predicted molar refractivity (Wildman–Crippen MR) is 123 cm³/mol. The fourth-order valence-electron chi connectivity index (χ4n) is 2.93. The smallest absolute Gasteiger partial charge is 0.407 e. The number of nitrogens with one attached hydrogen (secondary N) is 2. The summed E-state index contributed by atoms with van der Waals surface area (Å²) in [5.41, 5.74) is 1.78. The number of hydrogen-bond acceptors (Lipinski definition) is 6. The molecule has 0 fully saturated rings. The lowest BCUT2D eigenvalue weighted by Crippen LogP contribution is -2.29. The SMILES string of the molecule is O=C(Cn1cnccc1=O)Nc1ccc(CCOC(=O)NC[C@H](O)c2cccc(Cl)c2)cc1. The fraction of sp³-hybridized carbons (Fsp3) is 0.217. The van der Waals surface area contributed by atoms with Crippen molar-refractivity contribution < 1.29 is 19.4 Å². The number of carbonyl (C=O) groups is 2. The van der Waals surface area contributed by atoms with E-state index in [0.717, 1.165) is 5.56 Å². The van der Waals surface area contributed by atoms with Gasteiger partial charge in [-0.1, -0.05) is 35.9 Å². The second-order valence-corrected chi connectivity index (χ2v) is 7.57. The number of amides is 2. The van der Waals surface area contributed by atoms with Gasteiger partial charge < -0.3 is 20.5 Å². The number of rotatable bonds is 9. The van der Waals surface area contributed by atoms with E-state index in [1.807, 2.05) is 0 Å². The maximum absolute atomic E-state index is 12.1. The number of aromatic nitrogens is 2. The molecule has 0 saturated heterocycles. The molecule has 1 atom stereocenters. The van der Waals surface area contributed by atoms with Crippen molar-refractivity contribution in [2.75, 3.05) is 18.5 Å². The molecule has 0 spiro atoms. The molecule has 1 aromatic heterocycles. The van der Waals surface area contributed by atoms with E-state index in [-0.39, 0.29) is 31.2 Å². The van der Waals surface area contributed by atoms with Crippen molar-refractivity contribution in [2.45, 2.75) is 19.1 Å². The normalized spacial score (nSPS) is 11.5. The zero-order valence-electron chi connectivity index (χ0n) is 17.6. The van der Waals surface area contributed by atoms with Gasteiger partial charge in [-0.3, -0.25) is 14.2 Å². The quantitative estimate of drug-likeness (QED) is 0.441. The molecule has 1 heterocycles. The Morgan fingerprint density at radius 1 is 1.15 bits per heavy atom. The Morgan fingerprint density at radius 3 is 2.67 bits per heavy atom. The summed E-state index contributed by atoms with van der Waals surface area (Å²) in [5, 5.41) is 15.8. The number of nitrogens with zero attached hydrogens (tertiary/aromatic N) is 2. The van der Waals surface area contributed by atoms with Gasteiger partial charge in [-0.2, -0.15) is 0 Å². The Bertz CT molecular complexity index is 1150. The van der Waals surface area contributed by atoms with E-state index < -0.39 is 12.2 Å². The largest absolute Gasteiger partial charge is 0.449 e. The molecule has 0 aliphatic carbocycles. The molecule has 0 bridgehead atoms. The van der Waals surface area contributed by atoms with Crippen LogP contribution < -0.4 is 16.2 Å². The molecule has 3 rings (SSSR count). The molecule has 2 aromatic carbocycles. The Balaban J connectivity index is 1.37. The summed E-state index contributed by atoms with van der Waals surface area (Å²) in [6.07, 6.45) is 1.62. The first-order valence-electron chi connectivity index (χ1n) is 10.1. The van der Waals surface area contributed by atoms with Gasteiger partial charge in [0.25, 0.3) is 5.56 Å². The van der Waals surface area contributed by atoms with E-state index in [0.29, 0.717) is 22.7 Å². The minimum Gasteiger partial charge on any atom is -0.449 e. The van der Waals surface area contributed by atoms with Gasteiger partial charge in [-0.25, -0.2) is 9.78 Å². The lowest BCUT2D eigenvalue weighted by molar-refractivity contribution is -0.116. The molecule has 0 saturated carbocycles. The van der Waals surface area contributed by atoms with Gasteiger partial charge in [-0.15, -0.1) is 0 Å². The zero-order valence-corrected chi connectivity index (χ0v) is 18.4. The average Bonchev–Trinajstić information content (AvgIpc) is 2.80. The van der Waals surface area contributed by atoms with Crippen LogP contribution in [0.3, 0.4) is 0 Å². The molecule has 9 nitrogen and oxygen atoms in total. The number of anilines is 1. The third kappa shape index (κ3) is 7.74. The lowest BCUT2D eigenvalue weighted by atomic mass is 10.1. The van der Waals surface area contributed by atoms with Gasteiger partial charge in [0, 0.05) is 29.4 Å². The van der Waals surface area contributed by atoms with Gasteiger partial charge in [0.05, 0.1) is 25.6 Å². The highest BCUT2D eigenvalue weighted by molar-refractivity contribution is 6.30. The van der Waals surface area contributed by atoms with Gasteiger partial charge in [0.15, 0.2) is 0 Å². The maximum atomic E-state index is 12.1. The van der Waals surface area contributed by atoms with Crippen molar-refractivity contribution in [1.82, 2.24) is 14.9 Å². The molecule has 172 valence electrons. The van der Waals surface area contributed by atoms with Crippen LogP contribution in [-0.2, 0) is 22.5 Å². The van der Waals surface area contributed by atoms with Crippen molar-refractivity contribution in [2.24, 2.45) is 0 Å². The Hall–Kier alpha value is -3.69. The summed E-state index contributed by atoms with van der Waals surface area (Å²) in [6.45, 7) is 0.0108. The van der Waals surface area contributed by atoms with Crippen molar-refractivity contribution >= 4 is 29.3 Å². The second-order valence-electron chi connectivity index (χ2n) is 7.13. The van der Waals surface area contributed by atoms with E-state index in [1.165, 1.54) is 23.2 Å². The van der Waals surface area contributed by atoms with Crippen LogP contribution in [0.1, 0.15) is 17.2 Å². The highest BCUT2D eigenvalue weighted by atomic mass is 35.5. The Labute approximate surface area is 195 Å². The number of carbonyl (C=O) groups excluding carboxylic acids is 2. The van der Waals surface area contributed by atoms with Gasteiger partial charge in [0.1, 0.15) is 6.54 Å². The number of aliphatic hydroxyl groups excluding tert-OH is 1. The van der Waals surface area contributed by atoms with Crippen LogP contribution in [-0.4, -0.2) is 39.8 Å². The topological polar surface area (TPSA) is 123 Å². The van der Waals surface area contributed by atoms with Gasteiger partial charge in [0.2, 0.25) is 5.91 Å². The highest BCUT2D eigenvalue weighted by Gasteiger charge is 2.11. The summed E-state index contributed by atoms with van der Waals surface area (Å²) >= 11 is 5.89. The summed E-state index contributed by atoms with van der Waals surface area (Å²) < 4.78 is 6.34. The lowest BCUT2D eigenvalue weighted by Gasteiger charge is -2.13. The number of benzene rings is 2. The fourth-order valence-corrected chi connectivity index (χ4v) is 3.13. The van der Waals surface area contributed by atoms with Crippen LogP contribution in [0.15, 0.2) is 71.9 Å². The summed E-state index contributed by atoms with van der Waals surface area (Å²) in [5.74, 6) is -0.349. The summed E-state index contributed by atoms with van der Waals surface area (Å²) in [6, 6.07) is 15.1. The van der Waals surface area contributed by atoms with Crippen LogP contribution in [0.25, 0.3) is 0 Å². The van der Waals surface area contributed by atoms with Crippen molar-refractivity contribution in [3.63, 3.8) is 0 Å². The predicted octanol–water partition coefficient (Wildman–Crippen LogP) is 2.54. The molecule has 0 unspecified atom stereocenters. The van der Waals surface area contributed by atoms with E-state index in [4.69, 9.17) is 16.3 Å². The maximum Gasteiger partial charge on any atom is 0.407 e. The number of alkyl carbamates (subject to hydrolysis) is 1. The van der Waals surface area contributed by atoms with Crippen molar-refractivity contribution in [1.29, 1.82) is 0 Å². The highest BCUT2D eigenvalue weighted by Crippen LogP contribution is 2.17. The van der Waals surface area contributed by atoms with Crippen LogP contribution in [0, 0.1) is 0 Å². The van der Waals surface area contributed by atoms with Crippen LogP contribution in [0.2, 0.25) is 5.02 Å². The summed E-state index contributed by atoms with van der Waals surface area (Å²) in [7, 11) is 0. The van der Waals surface area contributed by atoms with Gasteiger partial charge >= 0.3 is 6.09 Å². The average molecular weight is 471 g/mol. The zero-order chi connectivity index (χ0) is 23.6. The second kappa shape index (κ2) is 11.8. The Morgan fingerprint density at radius 2 is 1.94 bits per heavy atom. The summed E-state index contributed by atoms with van der Waals surface area (Å²) in [4.78, 5) is 39.4. The molecular weight excluding hydrogens is 448 g/mol. The third-order valence-corrected chi connectivity index (χ3v) is 4.88. The number of hydrogen-bond donors (Lipinski definition) is 3. The molecule has 33 heavy (non-hydrogen) atoms. The van der Waals surface area contributed by atoms with E-state index in [2.05, 4.69) is 15.6 Å². The molecule has 0 aliphatic rings. The molecule has 3 N–H and O–H groups in total. The first kappa shape index (κ1) is 24.0. The van der Waals surface area contributed by atoms with Crippen molar-refractivity contribution in [3.05, 3.63) is 93.6 Å². The minimum absolute atomic E-state index is 0.00125. The molecule has 0 radical (unpaired) electrons.